The second-order valence-corrected chi connectivity index (χ2v) is 7.19. The number of rotatable bonds is 6. The van der Waals surface area contributed by atoms with E-state index in [1.165, 1.54) is 12.1 Å². The first-order valence-electron chi connectivity index (χ1n) is 9.37. The van der Waals surface area contributed by atoms with E-state index in [-0.39, 0.29) is 43.4 Å². The van der Waals surface area contributed by atoms with Crippen LogP contribution >= 0.6 is 11.6 Å². The minimum absolute atomic E-state index is 0.0342. The van der Waals surface area contributed by atoms with Crippen molar-refractivity contribution in [1.82, 2.24) is 14.1 Å². The van der Waals surface area contributed by atoms with E-state index in [1.807, 2.05) is 0 Å². The quantitative estimate of drug-likeness (QED) is 0.390. The Morgan fingerprint density at radius 2 is 1.89 bits per heavy atom. The van der Waals surface area contributed by atoms with Gasteiger partial charge in [-0.1, -0.05) is 11.6 Å². The maximum absolute atomic E-state index is 14.6. The van der Waals surface area contributed by atoms with E-state index in [0.717, 1.165) is 20.2 Å². The molecule has 0 aliphatic carbocycles. The molecule has 0 saturated heterocycles. The molecular weight excluding hydrogens is 504 g/mol. The van der Waals surface area contributed by atoms with E-state index in [4.69, 9.17) is 26.8 Å². The molecule has 186 valence electrons. The van der Waals surface area contributed by atoms with Gasteiger partial charge in [0.25, 0.3) is 5.56 Å². The average molecular weight is 519 g/mol. The number of aromatic nitrogens is 3. The van der Waals surface area contributed by atoms with E-state index < -0.39 is 47.2 Å². The van der Waals surface area contributed by atoms with Crippen molar-refractivity contribution >= 4 is 23.3 Å². The predicted octanol–water partition coefficient (Wildman–Crippen LogP) is 2.67. The van der Waals surface area contributed by atoms with Gasteiger partial charge in [0.2, 0.25) is 11.8 Å². The molecule has 0 amide bonds. The van der Waals surface area contributed by atoms with Gasteiger partial charge in [-0.25, -0.2) is 18.5 Å². The average Bonchev–Trinajstić information content (AvgIpc) is 2.78. The largest absolute Gasteiger partial charge is 0.466 e. The Labute approximate surface area is 198 Å². The lowest BCUT2D eigenvalue weighted by Gasteiger charge is -2.15. The number of halogens is 5. The Morgan fingerprint density at radius 3 is 2.51 bits per heavy atom. The van der Waals surface area contributed by atoms with E-state index in [2.05, 4.69) is 9.72 Å². The fraction of sp³-hybridized carbons (Fsp3) is 0.200. The third kappa shape index (κ3) is 5.37. The minimum Gasteiger partial charge on any atom is -0.466 e. The lowest BCUT2D eigenvalue weighted by molar-refractivity contribution is -0.144. The Bertz CT molecular complexity index is 1420. The van der Waals surface area contributed by atoms with Crippen LogP contribution in [0.2, 0.25) is 5.02 Å². The number of carbonyl (C=O) groups excluding carboxylic acids is 1. The van der Waals surface area contributed by atoms with Crippen molar-refractivity contribution in [3.63, 3.8) is 0 Å². The first-order valence-corrected chi connectivity index (χ1v) is 9.75. The summed E-state index contributed by atoms with van der Waals surface area (Å²) in [6.07, 6.45) is -4.99. The molecule has 0 atom stereocenters. The zero-order valence-electron chi connectivity index (χ0n) is 17.9. The number of ether oxygens (including phenoxy) is 3. The van der Waals surface area contributed by atoms with Crippen LogP contribution in [0.1, 0.15) is 5.69 Å². The summed E-state index contributed by atoms with van der Waals surface area (Å²) in [5.74, 6) is -2.63. The lowest BCUT2D eigenvalue weighted by atomic mass is 10.2. The van der Waals surface area contributed by atoms with Crippen molar-refractivity contribution < 1.29 is 36.6 Å². The van der Waals surface area contributed by atoms with Gasteiger partial charge < -0.3 is 19.9 Å². The number of esters is 1. The molecule has 0 aliphatic rings. The highest BCUT2D eigenvalue weighted by atomic mass is 35.5. The zero-order valence-corrected chi connectivity index (χ0v) is 18.6. The van der Waals surface area contributed by atoms with Crippen molar-refractivity contribution in [2.45, 2.75) is 6.18 Å². The highest BCUT2D eigenvalue weighted by molar-refractivity contribution is 6.32. The number of carbonyl (C=O) groups is 1. The van der Waals surface area contributed by atoms with E-state index in [1.54, 1.807) is 0 Å². The van der Waals surface area contributed by atoms with Gasteiger partial charge in [0.1, 0.15) is 17.3 Å². The standard InChI is InChI=1S/C20H15ClF4N4O6/c1-28-14(20(23,24)25)7-16(30)29(19(28)32)12-6-13(9(21)5-10(12)22)35-15-4-3-11(26)18(27-15)34-8-17(31)33-2/h3-7H,8,26H2,1-2H3. The molecule has 3 rings (SSSR count). The normalized spacial score (nSPS) is 11.3. The number of hydrogen-bond acceptors (Lipinski definition) is 8. The Kier molecular flexibility index (Phi) is 7.05. The van der Waals surface area contributed by atoms with Crippen molar-refractivity contribution in [3.8, 4) is 23.2 Å². The van der Waals surface area contributed by atoms with E-state index in [9.17, 15) is 31.9 Å². The first-order chi connectivity index (χ1) is 16.3. The second-order valence-electron chi connectivity index (χ2n) is 6.79. The van der Waals surface area contributed by atoms with Crippen molar-refractivity contribution in [3.05, 3.63) is 67.7 Å². The third-order valence-corrected chi connectivity index (χ3v) is 4.78. The summed E-state index contributed by atoms with van der Waals surface area (Å²) >= 11 is 6.00. The molecule has 2 N–H and O–H groups in total. The predicted molar refractivity (Wildman–Crippen MR) is 113 cm³/mol. The van der Waals surface area contributed by atoms with Crippen LogP contribution in [0, 0.1) is 5.82 Å². The molecule has 15 heteroatoms. The second kappa shape index (κ2) is 9.66. The maximum Gasteiger partial charge on any atom is 0.431 e. The smallest absolute Gasteiger partial charge is 0.431 e. The van der Waals surface area contributed by atoms with Crippen LogP contribution in [0.4, 0.5) is 23.2 Å². The van der Waals surface area contributed by atoms with E-state index in [0.29, 0.717) is 6.07 Å². The molecule has 2 aromatic heterocycles. The van der Waals surface area contributed by atoms with Gasteiger partial charge in [0.05, 0.1) is 23.5 Å². The van der Waals surface area contributed by atoms with Gasteiger partial charge in [-0.3, -0.25) is 9.36 Å². The van der Waals surface area contributed by atoms with Gasteiger partial charge in [0.15, 0.2) is 6.61 Å². The van der Waals surface area contributed by atoms with Gasteiger partial charge in [-0.15, -0.1) is 0 Å². The van der Waals surface area contributed by atoms with Crippen molar-refractivity contribution in [2.24, 2.45) is 7.05 Å². The third-order valence-electron chi connectivity index (χ3n) is 4.49. The number of benzene rings is 1. The molecule has 0 radical (unpaired) electrons. The molecule has 3 aromatic rings. The molecule has 1 aromatic carbocycles. The number of nitrogens with two attached hydrogens (primary N) is 1. The van der Waals surface area contributed by atoms with Crippen LogP contribution in [0.25, 0.3) is 5.69 Å². The summed E-state index contributed by atoms with van der Waals surface area (Å²) in [5.41, 5.74) is 0.633. The fourth-order valence-electron chi connectivity index (χ4n) is 2.79. The van der Waals surface area contributed by atoms with Crippen LogP contribution in [-0.4, -0.2) is 33.8 Å². The Morgan fingerprint density at radius 1 is 1.20 bits per heavy atom. The molecule has 0 unspecified atom stereocenters. The van der Waals surface area contributed by atoms with Crippen molar-refractivity contribution in [2.75, 3.05) is 19.5 Å². The number of methoxy groups -OCH3 is 1. The van der Waals surface area contributed by atoms with Crippen LogP contribution in [0.15, 0.2) is 39.9 Å². The number of pyridine rings is 1. The van der Waals surface area contributed by atoms with Crippen LogP contribution < -0.4 is 26.5 Å². The maximum atomic E-state index is 14.6. The van der Waals surface area contributed by atoms with Crippen LogP contribution in [-0.2, 0) is 22.8 Å². The molecule has 2 heterocycles. The van der Waals surface area contributed by atoms with E-state index >= 15 is 0 Å². The molecule has 10 nitrogen and oxygen atoms in total. The molecule has 0 aliphatic heterocycles. The number of anilines is 1. The first kappa shape index (κ1) is 25.6. The van der Waals surface area contributed by atoms with Crippen molar-refractivity contribution in [1.29, 1.82) is 0 Å². The fourth-order valence-corrected chi connectivity index (χ4v) is 2.98. The van der Waals surface area contributed by atoms with Gasteiger partial charge in [-0.2, -0.15) is 18.2 Å². The SMILES string of the molecule is COC(=O)COc1nc(Oc2cc(-n3c(=O)cc(C(F)(F)F)n(C)c3=O)c(F)cc2Cl)ccc1N. The molecule has 0 saturated carbocycles. The Hall–Kier alpha value is -4.07. The lowest BCUT2D eigenvalue weighted by Crippen LogP contribution is -2.41. The zero-order chi connectivity index (χ0) is 26.1. The van der Waals surface area contributed by atoms with Crippen LogP contribution in [0.5, 0.6) is 17.5 Å². The summed E-state index contributed by atoms with van der Waals surface area (Å²) < 4.78 is 69.3. The number of alkyl halides is 3. The molecule has 0 spiro atoms. The molecule has 0 fully saturated rings. The highest BCUT2D eigenvalue weighted by Gasteiger charge is 2.35. The molecule has 0 bridgehead atoms. The summed E-state index contributed by atoms with van der Waals surface area (Å²) in [4.78, 5) is 40.0. The number of nitrogens with zero attached hydrogens (tertiary/aromatic N) is 3. The molecular formula is C20H15ClF4N4O6. The molecule has 35 heavy (non-hydrogen) atoms. The summed E-state index contributed by atoms with van der Waals surface area (Å²) in [6, 6.07) is 4.26. The monoisotopic (exact) mass is 518 g/mol. The van der Waals surface area contributed by atoms with Crippen LogP contribution in [0.3, 0.4) is 0 Å². The number of hydrogen-bond donors (Lipinski definition) is 1. The summed E-state index contributed by atoms with van der Waals surface area (Å²) in [6.45, 7) is -0.515. The Balaban J connectivity index is 2.05. The van der Waals surface area contributed by atoms with Gasteiger partial charge in [-0.05, 0) is 12.1 Å². The highest BCUT2D eigenvalue weighted by Crippen LogP contribution is 2.34. The van der Waals surface area contributed by atoms with Gasteiger partial charge >= 0.3 is 17.8 Å². The minimum atomic E-state index is -4.99. The topological polar surface area (TPSA) is 128 Å². The number of nitrogen functional groups attached to an aromatic ring is 1. The summed E-state index contributed by atoms with van der Waals surface area (Å²) in [5, 5.41) is -0.321. The summed E-state index contributed by atoms with van der Waals surface area (Å²) in [7, 11) is 1.92. The van der Waals surface area contributed by atoms with Gasteiger partial charge in [0, 0.05) is 25.2 Å².